The lowest BCUT2D eigenvalue weighted by molar-refractivity contribution is 0.103. The highest BCUT2D eigenvalue weighted by Crippen LogP contribution is 2.22. The van der Waals surface area contributed by atoms with Crippen molar-refractivity contribution in [2.45, 2.75) is 0 Å². The molecule has 0 bridgehead atoms. The molecule has 2 aromatic carbocycles. The van der Waals surface area contributed by atoms with Gasteiger partial charge in [-0.1, -0.05) is 12.1 Å². The monoisotopic (exact) mass is 602 g/mol. The lowest BCUT2D eigenvalue weighted by atomic mass is 10.1. The maximum Gasteiger partial charge on any atom is 0.413 e. The predicted molar refractivity (Wildman–Crippen MR) is 160 cm³/mol. The normalized spacial score (nSPS) is 10.5. The van der Waals surface area contributed by atoms with Gasteiger partial charge in [-0.05, 0) is 59.3 Å². The minimum Gasteiger partial charge on any atom is -0.453 e. The fraction of sp³-hybridized carbons (Fsp3) is 0.0714. The summed E-state index contributed by atoms with van der Waals surface area (Å²) in [5, 5.41) is 8.62. The van der Waals surface area contributed by atoms with E-state index in [-0.39, 0.29) is 23.5 Å². The van der Waals surface area contributed by atoms with E-state index in [2.05, 4.69) is 40.0 Å². The second-order valence-electron chi connectivity index (χ2n) is 8.48. The lowest BCUT2D eigenvalue weighted by Crippen LogP contribution is -2.11. The number of nitrogens with one attached hydrogen (secondary N) is 4. The largest absolute Gasteiger partial charge is 0.453 e. The van der Waals surface area contributed by atoms with Gasteiger partial charge in [0.05, 0.1) is 46.0 Å². The molecule has 12 nitrogen and oxygen atoms in total. The number of imidazole rings is 2. The van der Waals surface area contributed by atoms with E-state index in [0.29, 0.717) is 42.9 Å². The molecule has 0 aliphatic heterocycles. The zero-order valence-corrected chi connectivity index (χ0v) is 23.7. The third-order valence-corrected chi connectivity index (χ3v) is 7.53. The number of hydrogen-bond acceptors (Lipinski definition) is 10. The van der Waals surface area contributed by atoms with Crippen molar-refractivity contribution in [3.8, 4) is 0 Å². The molecular weight excluding hydrogens is 580 g/mol. The Hall–Kier alpha value is -5.34. The van der Waals surface area contributed by atoms with E-state index in [0.717, 1.165) is 0 Å². The molecule has 6 rings (SSSR count). The van der Waals surface area contributed by atoms with Crippen LogP contribution in [0.2, 0.25) is 0 Å². The van der Waals surface area contributed by atoms with Gasteiger partial charge in [0.2, 0.25) is 23.5 Å². The van der Waals surface area contributed by atoms with Crippen LogP contribution in [0.3, 0.4) is 0 Å². The van der Waals surface area contributed by atoms with Crippen LogP contribution >= 0.6 is 22.7 Å². The summed E-state index contributed by atoms with van der Waals surface area (Å²) in [5.41, 5.74) is 3.79. The van der Waals surface area contributed by atoms with Crippen LogP contribution in [0.1, 0.15) is 30.5 Å². The van der Waals surface area contributed by atoms with Gasteiger partial charge >= 0.3 is 12.2 Å². The highest BCUT2D eigenvalue weighted by Gasteiger charge is 2.14. The number of hydrogen-bond donors (Lipinski definition) is 4. The molecule has 4 heterocycles. The van der Waals surface area contributed by atoms with Crippen LogP contribution in [0.15, 0.2) is 71.4 Å². The maximum atomic E-state index is 12.3. The van der Waals surface area contributed by atoms with Gasteiger partial charge in [-0.15, -0.1) is 22.7 Å². The molecule has 4 N–H and O–H groups in total. The number of benzene rings is 2. The molecule has 0 aliphatic carbocycles. The third-order valence-electron chi connectivity index (χ3n) is 5.79. The molecule has 4 aromatic heterocycles. The van der Waals surface area contributed by atoms with Crippen LogP contribution in [-0.4, -0.2) is 57.9 Å². The van der Waals surface area contributed by atoms with Crippen LogP contribution in [0.5, 0.6) is 0 Å². The first kappa shape index (κ1) is 28.2. The number of fused-ring (bicyclic) bond motifs is 2. The van der Waals surface area contributed by atoms with Gasteiger partial charge in [0, 0.05) is 11.1 Å². The number of amides is 2. The molecule has 14 heteroatoms. The Morgan fingerprint density at radius 2 is 1.10 bits per heavy atom. The molecular formula is C28H22N6O6S2. The number of carbonyl (C=O) groups is 4. The van der Waals surface area contributed by atoms with Crippen molar-refractivity contribution in [1.29, 1.82) is 0 Å². The van der Waals surface area contributed by atoms with Gasteiger partial charge in [0.15, 0.2) is 0 Å². The van der Waals surface area contributed by atoms with Gasteiger partial charge < -0.3 is 19.4 Å². The van der Waals surface area contributed by atoms with Crippen molar-refractivity contribution in [1.82, 2.24) is 19.9 Å². The molecule has 0 spiro atoms. The molecule has 0 aliphatic rings. The summed E-state index contributed by atoms with van der Waals surface area (Å²) in [6.07, 6.45) is -1.21. The van der Waals surface area contributed by atoms with Crippen LogP contribution < -0.4 is 10.6 Å². The van der Waals surface area contributed by atoms with Gasteiger partial charge in [0.25, 0.3) is 0 Å². The lowest BCUT2D eigenvalue weighted by Gasteiger charge is -1.98. The topological polar surface area (TPSA) is 168 Å². The molecule has 0 saturated heterocycles. The Morgan fingerprint density at radius 3 is 1.45 bits per heavy atom. The predicted octanol–water partition coefficient (Wildman–Crippen LogP) is 6.07. The molecule has 2 amide bonds. The van der Waals surface area contributed by atoms with Crippen LogP contribution in [-0.2, 0) is 9.47 Å². The zero-order chi connectivity index (χ0) is 29.6. The molecule has 0 unspecified atom stereocenters. The number of ketones is 2. The average Bonchev–Trinajstić information content (AvgIpc) is 3.82. The Labute approximate surface area is 245 Å². The van der Waals surface area contributed by atoms with E-state index in [9.17, 15) is 19.2 Å². The Morgan fingerprint density at radius 1 is 0.667 bits per heavy atom. The van der Waals surface area contributed by atoms with Crippen molar-refractivity contribution in [3.05, 3.63) is 92.3 Å². The highest BCUT2D eigenvalue weighted by atomic mass is 32.1. The maximum absolute atomic E-state index is 12.3. The van der Waals surface area contributed by atoms with Crippen LogP contribution in [0.25, 0.3) is 22.1 Å². The third kappa shape index (κ3) is 6.35. The number of H-pyrrole nitrogens is 2. The van der Waals surface area contributed by atoms with E-state index < -0.39 is 12.2 Å². The minimum absolute atomic E-state index is 0.0380. The molecule has 42 heavy (non-hydrogen) atoms. The van der Waals surface area contributed by atoms with E-state index in [1.807, 2.05) is 22.9 Å². The summed E-state index contributed by atoms with van der Waals surface area (Å²) in [7, 11) is 2.55. The zero-order valence-electron chi connectivity index (χ0n) is 22.1. The van der Waals surface area contributed by atoms with Gasteiger partial charge in [-0.25, -0.2) is 19.6 Å². The van der Waals surface area contributed by atoms with E-state index >= 15 is 0 Å². The minimum atomic E-state index is -0.607. The van der Waals surface area contributed by atoms with E-state index in [1.165, 1.54) is 36.9 Å². The second kappa shape index (κ2) is 12.4. The molecule has 0 radical (unpaired) electrons. The Balaban J connectivity index is 0.000000168. The Kier molecular flexibility index (Phi) is 8.36. The molecule has 0 saturated carbocycles. The van der Waals surface area contributed by atoms with Gasteiger partial charge in [-0.2, -0.15) is 0 Å². The first-order valence-electron chi connectivity index (χ1n) is 12.2. The number of aromatic amines is 2. The van der Waals surface area contributed by atoms with Crippen molar-refractivity contribution < 1.29 is 28.7 Å². The summed E-state index contributed by atoms with van der Waals surface area (Å²) >= 11 is 2.80. The number of nitrogens with zero attached hydrogens (tertiary/aromatic N) is 2. The SMILES string of the molecule is COC(=O)Nc1nc2ccc(C(=O)c3cccs3)cc2[nH]1.COC(=O)Nc1nc2ccc(C(=O)c3cccs3)cc2[nH]1. The highest BCUT2D eigenvalue weighted by molar-refractivity contribution is 7.12. The fourth-order valence-corrected chi connectivity index (χ4v) is 5.19. The number of carbonyl (C=O) groups excluding carboxylic acids is 4. The first-order chi connectivity index (χ1) is 20.3. The second-order valence-corrected chi connectivity index (χ2v) is 10.4. The number of methoxy groups -OCH3 is 2. The summed E-state index contributed by atoms with van der Waals surface area (Å²) in [5.74, 6) is 0.475. The van der Waals surface area contributed by atoms with Crippen LogP contribution in [0.4, 0.5) is 21.5 Å². The summed E-state index contributed by atoms with van der Waals surface area (Å²) in [4.78, 5) is 62.4. The van der Waals surface area contributed by atoms with E-state index in [1.54, 1.807) is 48.5 Å². The quantitative estimate of drug-likeness (QED) is 0.167. The fourth-order valence-electron chi connectivity index (χ4n) is 3.82. The number of anilines is 2. The van der Waals surface area contributed by atoms with Crippen molar-refractivity contribution in [2.24, 2.45) is 0 Å². The average molecular weight is 603 g/mol. The standard InChI is InChI=1S/2C14H11N3O3S/c2*1-20-14(19)17-13-15-9-5-4-8(7-10(9)16-13)12(18)11-3-2-6-21-11/h2*2-7H,1H3,(H2,15,16,17,19). The van der Waals surface area contributed by atoms with Crippen molar-refractivity contribution in [2.75, 3.05) is 24.9 Å². The van der Waals surface area contributed by atoms with Crippen molar-refractivity contribution in [3.63, 3.8) is 0 Å². The number of aromatic nitrogens is 4. The van der Waals surface area contributed by atoms with E-state index in [4.69, 9.17) is 0 Å². The number of rotatable bonds is 6. The van der Waals surface area contributed by atoms with Crippen LogP contribution in [0, 0.1) is 0 Å². The summed E-state index contributed by atoms with van der Waals surface area (Å²) in [6.45, 7) is 0. The molecule has 212 valence electrons. The van der Waals surface area contributed by atoms with Crippen molar-refractivity contribution >= 4 is 80.4 Å². The molecule has 0 atom stereocenters. The van der Waals surface area contributed by atoms with Gasteiger partial charge in [-0.3, -0.25) is 20.2 Å². The smallest absolute Gasteiger partial charge is 0.413 e. The summed E-state index contributed by atoms with van der Waals surface area (Å²) in [6, 6.07) is 17.6. The molecule has 6 aromatic rings. The summed E-state index contributed by atoms with van der Waals surface area (Å²) < 4.78 is 9.00. The number of thiophene rings is 2. The first-order valence-corrected chi connectivity index (χ1v) is 14.0. The number of ether oxygens (including phenoxy) is 2. The Bertz CT molecular complexity index is 1750. The van der Waals surface area contributed by atoms with Gasteiger partial charge in [0.1, 0.15) is 0 Å². The molecule has 0 fully saturated rings.